The third-order valence-corrected chi connectivity index (χ3v) is 6.99. The largest absolute Gasteiger partial charge is 0.391 e. The molecule has 0 spiro atoms. The van der Waals surface area contributed by atoms with Gasteiger partial charge in [-0.25, -0.2) is 9.67 Å². The minimum atomic E-state index is -0.516. The molecule has 5 rings (SSSR count). The number of thioether (sulfide) groups is 1. The Hall–Kier alpha value is -2.70. The Labute approximate surface area is 185 Å². The van der Waals surface area contributed by atoms with Crippen LogP contribution in [0, 0.1) is 0 Å². The topological polar surface area (TPSA) is 68.0 Å². The fraction of sp³-hybridized carbons (Fsp3) is 0.320. The average molecular weight is 432 g/mol. The predicted octanol–water partition coefficient (Wildman–Crippen LogP) is 4.73. The molecule has 2 aromatic heterocycles. The summed E-state index contributed by atoms with van der Waals surface area (Å²) in [7, 11) is 0. The summed E-state index contributed by atoms with van der Waals surface area (Å²) in [5.41, 5.74) is 2.09. The molecule has 0 amide bonds. The molecule has 0 saturated heterocycles. The normalized spacial score (nSPS) is 19.2. The van der Waals surface area contributed by atoms with E-state index >= 15 is 0 Å². The molecule has 1 aliphatic carbocycles. The van der Waals surface area contributed by atoms with E-state index in [-0.39, 0.29) is 11.6 Å². The second kappa shape index (κ2) is 8.44. The van der Waals surface area contributed by atoms with Crippen LogP contribution in [0.4, 0.5) is 0 Å². The molecule has 158 valence electrons. The van der Waals surface area contributed by atoms with Crippen LogP contribution in [0.1, 0.15) is 42.9 Å². The lowest BCUT2D eigenvalue weighted by molar-refractivity contribution is 0.0672. The van der Waals surface area contributed by atoms with Gasteiger partial charge >= 0.3 is 0 Å². The summed E-state index contributed by atoms with van der Waals surface area (Å²) >= 11 is 1.62. The van der Waals surface area contributed by atoms with Crippen molar-refractivity contribution in [3.8, 4) is 0 Å². The zero-order chi connectivity index (χ0) is 21.4. The van der Waals surface area contributed by atoms with Crippen LogP contribution in [0.3, 0.4) is 0 Å². The van der Waals surface area contributed by atoms with Crippen molar-refractivity contribution in [3.05, 3.63) is 76.3 Å². The van der Waals surface area contributed by atoms with E-state index < -0.39 is 6.10 Å². The zero-order valence-electron chi connectivity index (χ0n) is 17.5. The highest BCUT2D eigenvalue weighted by Crippen LogP contribution is 2.31. The Balaban J connectivity index is 1.67. The van der Waals surface area contributed by atoms with Crippen molar-refractivity contribution in [3.63, 3.8) is 0 Å². The van der Waals surface area contributed by atoms with E-state index in [1.807, 2.05) is 36.7 Å². The summed E-state index contributed by atoms with van der Waals surface area (Å²) in [4.78, 5) is 18.0. The zero-order valence-corrected chi connectivity index (χ0v) is 18.3. The quantitative estimate of drug-likeness (QED) is 0.374. The lowest BCUT2D eigenvalue weighted by atomic mass is 9.92. The van der Waals surface area contributed by atoms with Crippen LogP contribution in [-0.4, -0.2) is 32.2 Å². The molecule has 1 aliphatic rings. The first-order valence-corrected chi connectivity index (χ1v) is 12.0. The highest BCUT2D eigenvalue weighted by atomic mass is 32.2. The molecule has 1 fully saturated rings. The van der Waals surface area contributed by atoms with Gasteiger partial charge in [-0.3, -0.25) is 4.79 Å². The van der Waals surface area contributed by atoms with Crippen molar-refractivity contribution in [1.29, 1.82) is 0 Å². The molecule has 2 aromatic carbocycles. The minimum absolute atomic E-state index is 0.119. The lowest BCUT2D eigenvalue weighted by Crippen LogP contribution is -2.36. The Morgan fingerprint density at radius 3 is 2.58 bits per heavy atom. The maximum absolute atomic E-state index is 13.5. The summed E-state index contributed by atoms with van der Waals surface area (Å²) in [6, 6.07) is 14.1. The Kier molecular flexibility index (Phi) is 5.50. The Bertz CT molecular complexity index is 1300. The second-order valence-electron chi connectivity index (χ2n) is 8.24. The Morgan fingerprint density at radius 2 is 1.84 bits per heavy atom. The van der Waals surface area contributed by atoms with E-state index in [9.17, 15) is 9.90 Å². The summed E-state index contributed by atoms with van der Waals surface area (Å²) in [6.07, 6.45) is 9.41. The highest BCUT2D eigenvalue weighted by Gasteiger charge is 2.27. The van der Waals surface area contributed by atoms with Crippen LogP contribution in [0.2, 0.25) is 0 Å². The monoisotopic (exact) mass is 431 g/mol. The molecule has 4 aromatic rings. The first-order valence-electron chi connectivity index (χ1n) is 10.7. The molecule has 5 nitrogen and oxygen atoms in total. The fourth-order valence-electron chi connectivity index (χ4n) is 4.70. The van der Waals surface area contributed by atoms with Gasteiger partial charge in [0.15, 0.2) is 0 Å². The standard InChI is InChI=1S/C25H25N3O2S/c1-31-24-11-10-16(14-26-24)12-17-13-20-21(19-7-3-2-6-18(17)19)15-27-28(25(20)30)22-8-4-5-9-23(22)29/h2-3,6-7,10-11,13-15,22-23,29H,4-5,8-9,12H2,1H3/t22-,23-/m0/s1. The van der Waals surface area contributed by atoms with Gasteiger partial charge in [-0.05, 0) is 59.6 Å². The fourth-order valence-corrected chi connectivity index (χ4v) is 5.06. The van der Waals surface area contributed by atoms with Crippen LogP contribution >= 0.6 is 11.8 Å². The molecule has 1 N–H and O–H groups in total. The first kappa shape index (κ1) is 20.2. The van der Waals surface area contributed by atoms with Gasteiger partial charge in [0.1, 0.15) is 0 Å². The SMILES string of the molecule is CSc1ccc(Cc2cc3c(=O)n([C@H]4CCCC[C@@H]4O)ncc3c3ccccc23)cn1. The van der Waals surface area contributed by atoms with Gasteiger partial charge in [0, 0.05) is 11.6 Å². The number of aromatic nitrogens is 3. The number of nitrogens with zero attached hydrogens (tertiary/aromatic N) is 3. The number of aliphatic hydroxyl groups is 1. The molecule has 0 bridgehead atoms. The summed E-state index contributed by atoms with van der Waals surface area (Å²) in [6.45, 7) is 0. The smallest absolute Gasteiger partial charge is 0.275 e. The summed E-state index contributed by atoms with van der Waals surface area (Å²) in [5, 5.41) is 19.6. The van der Waals surface area contributed by atoms with Gasteiger partial charge in [0.25, 0.3) is 5.56 Å². The molecule has 0 aliphatic heterocycles. The molecular weight excluding hydrogens is 406 g/mol. The van der Waals surface area contributed by atoms with Crippen LogP contribution in [-0.2, 0) is 6.42 Å². The molecule has 31 heavy (non-hydrogen) atoms. The maximum atomic E-state index is 13.5. The molecular formula is C25H25N3O2S. The van der Waals surface area contributed by atoms with Crippen LogP contribution < -0.4 is 5.56 Å². The Morgan fingerprint density at radius 1 is 1.03 bits per heavy atom. The lowest BCUT2D eigenvalue weighted by Gasteiger charge is -2.28. The van der Waals surface area contributed by atoms with Gasteiger partial charge in [-0.2, -0.15) is 5.10 Å². The molecule has 6 heteroatoms. The van der Waals surface area contributed by atoms with E-state index in [0.29, 0.717) is 11.8 Å². The van der Waals surface area contributed by atoms with E-state index in [2.05, 4.69) is 28.3 Å². The van der Waals surface area contributed by atoms with E-state index in [1.54, 1.807) is 18.0 Å². The number of hydrogen-bond acceptors (Lipinski definition) is 5. The van der Waals surface area contributed by atoms with Crippen molar-refractivity contribution in [2.24, 2.45) is 0 Å². The first-order chi connectivity index (χ1) is 15.2. The van der Waals surface area contributed by atoms with Gasteiger partial charge in [-0.1, -0.05) is 43.2 Å². The van der Waals surface area contributed by atoms with Crippen molar-refractivity contribution in [2.75, 3.05) is 6.26 Å². The van der Waals surface area contributed by atoms with Crippen molar-refractivity contribution >= 4 is 33.3 Å². The van der Waals surface area contributed by atoms with Crippen LogP contribution in [0.15, 0.2) is 64.7 Å². The molecule has 0 radical (unpaired) electrons. The molecule has 1 saturated carbocycles. The molecule has 0 unspecified atom stereocenters. The number of hydrogen-bond donors (Lipinski definition) is 1. The van der Waals surface area contributed by atoms with Crippen molar-refractivity contribution in [1.82, 2.24) is 14.8 Å². The maximum Gasteiger partial charge on any atom is 0.275 e. The number of aliphatic hydroxyl groups excluding tert-OH is 1. The number of pyridine rings is 1. The number of benzene rings is 2. The highest BCUT2D eigenvalue weighted by molar-refractivity contribution is 7.98. The van der Waals surface area contributed by atoms with E-state index in [0.717, 1.165) is 58.0 Å². The second-order valence-corrected chi connectivity index (χ2v) is 9.07. The van der Waals surface area contributed by atoms with Crippen LogP contribution in [0.5, 0.6) is 0 Å². The van der Waals surface area contributed by atoms with Crippen molar-refractivity contribution in [2.45, 2.75) is 49.3 Å². The number of fused-ring (bicyclic) bond motifs is 3. The van der Waals surface area contributed by atoms with Crippen LogP contribution in [0.25, 0.3) is 21.5 Å². The van der Waals surface area contributed by atoms with Gasteiger partial charge < -0.3 is 5.11 Å². The third kappa shape index (κ3) is 3.75. The average Bonchev–Trinajstić information content (AvgIpc) is 2.81. The van der Waals surface area contributed by atoms with E-state index in [1.165, 1.54) is 4.68 Å². The van der Waals surface area contributed by atoms with E-state index in [4.69, 9.17) is 0 Å². The molecule has 2 heterocycles. The van der Waals surface area contributed by atoms with Gasteiger partial charge in [-0.15, -0.1) is 11.8 Å². The third-order valence-electron chi connectivity index (χ3n) is 6.33. The van der Waals surface area contributed by atoms with Gasteiger partial charge in [0.2, 0.25) is 0 Å². The molecule has 2 atom stereocenters. The minimum Gasteiger partial charge on any atom is -0.391 e. The summed E-state index contributed by atoms with van der Waals surface area (Å²) in [5.74, 6) is 0. The van der Waals surface area contributed by atoms with Gasteiger partial charge in [0.05, 0.1) is 28.8 Å². The number of rotatable bonds is 4. The van der Waals surface area contributed by atoms with Crippen molar-refractivity contribution < 1.29 is 5.11 Å². The summed E-state index contributed by atoms with van der Waals surface area (Å²) < 4.78 is 1.51. The predicted molar refractivity (Wildman–Crippen MR) is 126 cm³/mol.